The molecule has 2 amide bonds. The summed E-state index contributed by atoms with van der Waals surface area (Å²) in [6.07, 6.45) is 4.25. The fourth-order valence-corrected chi connectivity index (χ4v) is 3.33. The number of piperidine rings is 1. The van der Waals surface area contributed by atoms with Crippen molar-refractivity contribution >= 4 is 24.2 Å². The molecule has 24 heavy (non-hydrogen) atoms. The molecule has 0 aromatic carbocycles. The molecule has 0 bridgehead atoms. The van der Waals surface area contributed by atoms with E-state index < -0.39 is 0 Å². The Bertz CT molecular complexity index is 413. The summed E-state index contributed by atoms with van der Waals surface area (Å²) in [4.78, 5) is 28.3. The van der Waals surface area contributed by atoms with E-state index in [1.165, 1.54) is 0 Å². The first-order valence-corrected chi connectivity index (χ1v) is 8.96. The van der Waals surface area contributed by atoms with Crippen molar-refractivity contribution in [3.63, 3.8) is 0 Å². The van der Waals surface area contributed by atoms with Gasteiger partial charge in [0.1, 0.15) is 0 Å². The second-order valence-corrected chi connectivity index (χ2v) is 7.24. The first-order valence-electron chi connectivity index (χ1n) is 8.96. The number of hydrogen-bond donors (Lipinski definition) is 2. The number of carbonyl (C=O) groups is 2. The summed E-state index contributed by atoms with van der Waals surface area (Å²) < 4.78 is 0. The van der Waals surface area contributed by atoms with Crippen molar-refractivity contribution < 1.29 is 9.59 Å². The van der Waals surface area contributed by atoms with Crippen molar-refractivity contribution in [2.75, 3.05) is 39.8 Å². The molecule has 2 aliphatic heterocycles. The molecule has 2 atom stereocenters. The molecule has 2 fully saturated rings. The zero-order valence-electron chi connectivity index (χ0n) is 15.2. The van der Waals surface area contributed by atoms with Crippen LogP contribution in [0.1, 0.15) is 39.5 Å². The highest BCUT2D eigenvalue weighted by atomic mass is 35.5. The Kier molecular flexibility index (Phi) is 9.02. The van der Waals surface area contributed by atoms with Crippen molar-refractivity contribution in [2.45, 2.75) is 51.6 Å². The van der Waals surface area contributed by atoms with Crippen molar-refractivity contribution in [1.82, 2.24) is 20.4 Å². The minimum Gasteiger partial charge on any atom is -0.354 e. The molecular formula is C17H33ClN4O2. The fraction of sp³-hybridized carbons (Fsp3) is 0.882. The van der Waals surface area contributed by atoms with E-state index in [9.17, 15) is 9.59 Å². The van der Waals surface area contributed by atoms with Crippen LogP contribution in [0, 0.1) is 5.92 Å². The van der Waals surface area contributed by atoms with Gasteiger partial charge in [0.05, 0.1) is 12.6 Å². The average Bonchev–Trinajstić information content (AvgIpc) is 3.06. The summed E-state index contributed by atoms with van der Waals surface area (Å²) in [6.45, 7) is 8.10. The lowest BCUT2D eigenvalue weighted by atomic mass is 9.97. The number of carbonyl (C=O) groups excluding carboxylic acids is 2. The molecule has 0 aromatic heterocycles. The number of amides is 2. The lowest BCUT2D eigenvalue weighted by Gasteiger charge is -2.34. The molecule has 2 N–H and O–H groups in total. The molecule has 140 valence electrons. The molecule has 0 aromatic rings. The van der Waals surface area contributed by atoms with Crippen LogP contribution in [-0.2, 0) is 9.59 Å². The highest BCUT2D eigenvalue weighted by Crippen LogP contribution is 2.16. The summed E-state index contributed by atoms with van der Waals surface area (Å²) in [6, 6.07) is 0.234. The van der Waals surface area contributed by atoms with E-state index in [-0.39, 0.29) is 36.3 Å². The van der Waals surface area contributed by atoms with Crippen molar-refractivity contribution in [2.24, 2.45) is 5.92 Å². The van der Waals surface area contributed by atoms with E-state index in [4.69, 9.17) is 0 Å². The van der Waals surface area contributed by atoms with Crippen LogP contribution in [-0.4, -0.2) is 73.5 Å². The minimum atomic E-state index is -0.00374. The molecular weight excluding hydrogens is 328 g/mol. The molecule has 2 saturated heterocycles. The zero-order chi connectivity index (χ0) is 16.8. The van der Waals surface area contributed by atoms with Crippen LogP contribution < -0.4 is 10.6 Å². The summed E-state index contributed by atoms with van der Waals surface area (Å²) in [5.74, 6) is 0.765. The number of likely N-dealkylation sites (N-methyl/N-ethyl adjacent to an activating group) is 1. The van der Waals surface area contributed by atoms with Gasteiger partial charge in [-0.25, -0.2) is 0 Å². The van der Waals surface area contributed by atoms with E-state index in [0.29, 0.717) is 12.5 Å². The number of nitrogens with one attached hydrogen (secondary N) is 2. The highest BCUT2D eigenvalue weighted by Gasteiger charge is 2.26. The second-order valence-electron chi connectivity index (χ2n) is 7.24. The Labute approximate surface area is 152 Å². The second kappa shape index (κ2) is 10.2. The summed E-state index contributed by atoms with van der Waals surface area (Å²) in [7, 11) is 1.86. The van der Waals surface area contributed by atoms with Crippen LogP contribution >= 0.6 is 12.4 Å². The van der Waals surface area contributed by atoms with Crippen LogP contribution in [0.4, 0.5) is 0 Å². The van der Waals surface area contributed by atoms with Gasteiger partial charge in [-0.05, 0) is 58.5 Å². The minimum absolute atomic E-state index is 0. The molecule has 0 aliphatic carbocycles. The van der Waals surface area contributed by atoms with Crippen molar-refractivity contribution in [1.29, 1.82) is 0 Å². The van der Waals surface area contributed by atoms with Crippen LogP contribution in [0.2, 0.25) is 0 Å². The smallest absolute Gasteiger partial charge is 0.237 e. The van der Waals surface area contributed by atoms with E-state index in [1.54, 1.807) is 4.90 Å². The highest BCUT2D eigenvalue weighted by molar-refractivity contribution is 5.85. The van der Waals surface area contributed by atoms with Gasteiger partial charge in [-0.3, -0.25) is 14.5 Å². The molecule has 0 saturated carbocycles. The lowest BCUT2D eigenvalue weighted by Crippen LogP contribution is -2.48. The first-order chi connectivity index (χ1) is 11.0. The Morgan fingerprint density at radius 3 is 2.67 bits per heavy atom. The molecule has 0 spiro atoms. The summed E-state index contributed by atoms with van der Waals surface area (Å²) in [5, 5.41) is 6.32. The quantitative estimate of drug-likeness (QED) is 0.737. The van der Waals surface area contributed by atoms with Gasteiger partial charge in [-0.1, -0.05) is 0 Å². The third-order valence-electron chi connectivity index (χ3n) is 5.07. The predicted molar refractivity (Wildman–Crippen MR) is 98.4 cm³/mol. The first kappa shape index (κ1) is 21.2. The Balaban J connectivity index is 0.00000288. The van der Waals surface area contributed by atoms with E-state index in [0.717, 1.165) is 51.9 Å². The Morgan fingerprint density at radius 2 is 2.04 bits per heavy atom. The topological polar surface area (TPSA) is 64.7 Å². The maximum Gasteiger partial charge on any atom is 0.237 e. The number of nitrogens with zero attached hydrogens (tertiary/aromatic N) is 2. The Morgan fingerprint density at radius 1 is 1.29 bits per heavy atom. The van der Waals surface area contributed by atoms with Crippen molar-refractivity contribution in [3.8, 4) is 0 Å². The Hall–Kier alpha value is -0.850. The van der Waals surface area contributed by atoms with Gasteiger partial charge >= 0.3 is 0 Å². The SMILES string of the molecule is CC(C)N(C)C(=O)CN1CCCC(CNC(=O)C2CCCN2)C1.Cl. The monoisotopic (exact) mass is 360 g/mol. The third kappa shape index (κ3) is 6.22. The lowest BCUT2D eigenvalue weighted by molar-refractivity contribution is -0.133. The number of hydrogen-bond acceptors (Lipinski definition) is 4. The van der Waals surface area contributed by atoms with E-state index in [1.807, 2.05) is 20.9 Å². The number of likely N-dealkylation sites (tertiary alicyclic amines) is 1. The zero-order valence-corrected chi connectivity index (χ0v) is 16.0. The molecule has 2 rings (SSSR count). The summed E-state index contributed by atoms with van der Waals surface area (Å²) >= 11 is 0. The van der Waals surface area contributed by atoms with Crippen molar-refractivity contribution in [3.05, 3.63) is 0 Å². The number of halogens is 1. The van der Waals surface area contributed by atoms with E-state index >= 15 is 0 Å². The fourth-order valence-electron chi connectivity index (χ4n) is 3.33. The largest absolute Gasteiger partial charge is 0.354 e. The molecule has 2 aliphatic rings. The number of rotatable bonds is 6. The van der Waals surface area contributed by atoms with Crippen LogP contribution in [0.25, 0.3) is 0 Å². The molecule has 0 radical (unpaired) electrons. The van der Waals surface area contributed by atoms with Gasteiger partial charge in [-0.15, -0.1) is 12.4 Å². The van der Waals surface area contributed by atoms with E-state index in [2.05, 4.69) is 15.5 Å². The standard InChI is InChI=1S/C17H32N4O2.ClH/c1-13(2)20(3)16(22)12-21-9-5-6-14(11-21)10-19-17(23)15-7-4-8-18-15;/h13-15,18H,4-12H2,1-3H3,(H,19,23);1H. The van der Waals surface area contributed by atoms with Gasteiger partial charge in [0, 0.05) is 26.2 Å². The van der Waals surface area contributed by atoms with Gasteiger partial charge in [0.25, 0.3) is 0 Å². The maximum atomic E-state index is 12.2. The van der Waals surface area contributed by atoms with Crippen LogP contribution in [0.3, 0.4) is 0 Å². The predicted octanol–water partition coefficient (Wildman–Crippen LogP) is 0.855. The van der Waals surface area contributed by atoms with Crippen LogP contribution in [0.5, 0.6) is 0 Å². The van der Waals surface area contributed by atoms with Gasteiger partial charge < -0.3 is 15.5 Å². The third-order valence-corrected chi connectivity index (χ3v) is 5.07. The van der Waals surface area contributed by atoms with Gasteiger partial charge in [0.2, 0.25) is 11.8 Å². The van der Waals surface area contributed by atoms with Gasteiger partial charge in [-0.2, -0.15) is 0 Å². The normalized spacial score (nSPS) is 24.5. The maximum absolute atomic E-state index is 12.2. The molecule has 7 heteroatoms. The average molecular weight is 361 g/mol. The molecule has 2 unspecified atom stereocenters. The summed E-state index contributed by atoms with van der Waals surface area (Å²) in [5.41, 5.74) is 0. The molecule has 2 heterocycles. The van der Waals surface area contributed by atoms with Gasteiger partial charge in [0.15, 0.2) is 0 Å². The van der Waals surface area contributed by atoms with Crippen LogP contribution in [0.15, 0.2) is 0 Å². The molecule has 6 nitrogen and oxygen atoms in total.